The normalized spacial score (nSPS) is 17.3. The van der Waals surface area contributed by atoms with Crippen molar-refractivity contribution in [2.75, 3.05) is 17.2 Å². The molecule has 1 aromatic heterocycles. The number of aromatic nitrogens is 3. The number of hydrogen-bond acceptors (Lipinski definition) is 6. The first kappa shape index (κ1) is 1.69. The summed E-state index contributed by atoms with van der Waals surface area (Å²) in [6, 6.07) is 0. The molecule has 6 heteroatoms. The maximum absolute atomic E-state index is 6.86. The van der Waals surface area contributed by atoms with Gasteiger partial charge in [-0.3, -0.25) is 0 Å². The molecule has 0 atom stereocenters. The zero-order chi connectivity index (χ0) is 11.6. The van der Waals surface area contributed by atoms with Gasteiger partial charge >= 0.3 is 0 Å². The summed E-state index contributed by atoms with van der Waals surface area (Å²) in [6.07, 6.45) is 0. The zero-order valence-corrected chi connectivity index (χ0v) is 4.18. The molecule has 0 aliphatic carbocycles. The topological polar surface area (TPSA) is 117 Å². The number of anilines is 3. The summed E-state index contributed by atoms with van der Waals surface area (Å²) in [5.74, 6) is -1.45. The van der Waals surface area contributed by atoms with E-state index >= 15 is 0 Å². The third kappa shape index (κ3) is 1.15. The van der Waals surface area contributed by atoms with Crippen LogP contribution in [-0.2, 0) is 0 Å². The predicted octanol–water partition coefficient (Wildman–Crippen LogP) is -1.38. The van der Waals surface area contributed by atoms with E-state index in [0.29, 0.717) is 0 Å². The third-order valence-electron chi connectivity index (χ3n) is 0.600. The highest BCUT2D eigenvalue weighted by atomic mass is 15.2. The standard InChI is InChI=1S/C3H6N6/c4-1-7-2(5)9-3(6)8-1/h(H6,4,5,6,7,8,9)/i/hD6. The van der Waals surface area contributed by atoms with Gasteiger partial charge in [0.1, 0.15) is 0 Å². The Morgan fingerprint density at radius 3 is 1.44 bits per heavy atom. The smallest absolute Gasteiger partial charge is 0.226 e. The van der Waals surface area contributed by atoms with Crippen LogP contribution in [0.1, 0.15) is 0 Å². The summed E-state index contributed by atoms with van der Waals surface area (Å²) in [5, 5.41) is 0. The molecule has 0 spiro atoms. The van der Waals surface area contributed by atoms with Gasteiger partial charge in [-0.15, -0.1) is 0 Å². The van der Waals surface area contributed by atoms with Crippen molar-refractivity contribution in [1.29, 1.82) is 0 Å². The maximum Gasteiger partial charge on any atom is 0.226 e. The van der Waals surface area contributed by atoms with Gasteiger partial charge in [-0.1, -0.05) is 0 Å². The molecular weight excluding hydrogens is 120 g/mol. The van der Waals surface area contributed by atoms with Crippen LogP contribution in [0.4, 0.5) is 17.8 Å². The number of hydrogen-bond donors (Lipinski definition) is 3. The molecule has 0 aromatic carbocycles. The molecule has 1 heterocycles. The molecule has 0 amide bonds. The fourth-order valence-corrected chi connectivity index (χ4v) is 0.343. The molecule has 0 aliphatic rings. The molecule has 0 aliphatic heterocycles. The molecule has 1 aromatic rings. The number of rotatable bonds is 3. The first-order valence-electron chi connectivity index (χ1n) is 4.70. The van der Waals surface area contributed by atoms with Gasteiger partial charge in [0.05, 0.1) is 0 Å². The average Bonchev–Trinajstić information content (AvgIpc) is 2.16. The second-order valence-electron chi connectivity index (χ2n) is 1.24. The molecule has 48 valence electrons. The molecule has 0 saturated heterocycles. The highest BCUT2D eigenvalue weighted by Crippen LogP contribution is 1.97. The van der Waals surface area contributed by atoms with Gasteiger partial charge in [0.15, 0.2) is 8.47 Å². The Kier molecular flexibility index (Phi) is 0.326. The lowest BCUT2D eigenvalue weighted by molar-refractivity contribution is 1.09. The lowest BCUT2D eigenvalue weighted by atomic mass is 10.9. The molecule has 1 rings (SSSR count). The number of nitrogens with two attached hydrogens (primary N) is 3. The van der Waals surface area contributed by atoms with Crippen LogP contribution in [0.5, 0.6) is 0 Å². The highest BCUT2D eigenvalue weighted by molar-refractivity contribution is 5.33. The Morgan fingerprint density at radius 1 is 0.889 bits per heavy atom. The summed E-state index contributed by atoms with van der Waals surface area (Å²) in [4.78, 5) is 10.2. The van der Waals surface area contributed by atoms with Crippen molar-refractivity contribution < 1.29 is 8.47 Å². The van der Waals surface area contributed by atoms with Gasteiger partial charge in [-0.25, -0.2) is 0 Å². The quantitative estimate of drug-likeness (QED) is 0.466. The van der Waals surface area contributed by atoms with E-state index in [0.717, 1.165) is 0 Å². The minimum Gasteiger partial charge on any atom is -0.368 e. The van der Waals surface area contributed by atoms with Crippen LogP contribution >= 0.6 is 0 Å². The Balaban J connectivity index is 3.20. The molecule has 9 heavy (non-hydrogen) atoms. The molecule has 0 fully saturated rings. The Hall–Kier alpha value is -1.59. The van der Waals surface area contributed by atoms with Crippen molar-refractivity contribution in [3.63, 3.8) is 0 Å². The van der Waals surface area contributed by atoms with E-state index in [1.807, 2.05) is 0 Å². The van der Waals surface area contributed by atoms with E-state index in [9.17, 15) is 0 Å². The van der Waals surface area contributed by atoms with Gasteiger partial charge in [0.25, 0.3) is 0 Å². The minimum atomic E-state index is -0.482. The second-order valence-corrected chi connectivity index (χ2v) is 1.24. The third-order valence-corrected chi connectivity index (χ3v) is 0.600. The van der Waals surface area contributed by atoms with Gasteiger partial charge in [-0.2, -0.15) is 15.0 Å². The van der Waals surface area contributed by atoms with Gasteiger partial charge in [-0.05, 0) is 0 Å². The molecule has 6 N–H and O–H groups in total. The molecule has 0 unspecified atom stereocenters. The summed E-state index contributed by atoms with van der Waals surface area (Å²) in [5.41, 5.74) is 0.0883. The van der Waals surface area contributed by atoms with Crippen molar-refractivity contribution in [3.05, 3.63) is 0 Å². The van der Waals surface area contributed by atoms with Gasteiger partial charge in [0, 0.05) is 0 Å². The maximum atomic E-state index is 6.86. The van der Waals surface area contributed by atoms with Gasteiger partial charge < -0.3 is 17.2 Å². The van der Waals surface area contributed by atoms with Crippen LogP contribution in [0, 0.1) is 0 Å². The Bertz CT molecular complexity index is 277. The number of nitrogen functional groups attached to an aromatic ring is 3. The van der Waals surface area contributed by atoms with Crippen LogP contribution in [0.2, 0.25) is 8.47 Å². The van der Waals surface area contributed by atoms with Crippen LogP contribution in [0.3, 0.4) is 0 Å². The fourth-order valence-electron chi connectivity index (χ4n) is 0.343. The van der Waals surface area contributed by atoms with E-state index in [-0.39, 0.29) is 17.2 Å². The van der Waals surface area contributed by atoms with E-state index in [2.05, 4.69) is 15.0 Å². The lowest BCUT2D eigenvalue weighted by Crippen LogP contribution is -2.05. The predicted molar refractivity (Wildman–Crippen MR) is 33.1 cm³/mol. The summed E-state index contributed by atoms with van der Waals surface area (Å²) >= 11 is 0. The summed E-state index contributed by atoms with van der Waals surface area (Å²) < 4.78 is 41.2. The summed E-state index contributed by atoms with van der Waals surface area (Å²) in [7, 11) is 0. The van der Waals surface area contributed by atoms with Crippen molar-refractivity contribution >= 4 is 17.8 Å². The Labute approximate surface area is 59.9 Å². The monoisotopic (exact) mass is 132 g/mol. The largest absolute Gasteiger partial charge is 0.368 e. The van der Waals surface area contributed by atoms with Crippen LogP contribution in [-0.4, -0.2) is 15.0 Å². The van der Waals surface area contributed by atoms with E-state index < -0.39 is 17.8 Å². The zero-order valence-electron chi connectivity index (χ0n) is 10.2. The SMILES string of the molecule is [2H]N([2H])c1nc(N([2H])[2H])nc(N([2H])[2H])n1. The van der Waals surface area contributed by atoms with Crippen LogP contribution in [0.25, 0.3) is 0 Å². The lowest BCUT2D eigenvalue weighted by Gasteiger charge is -1.93. The minimum absolute atomic E-state index is 0.0294. The van der Waals surface area contributed by atoms with Crippen molar-refractivity contribution in [2.24, 2.45) is 0 Å². The molecule has 0 bridgehead atoms. The van der Waals surface area contributed by atoms with Crippen LogP contribution < -0.4 is 17.2 Å². The molecular formula is C3H6N6. The molecule has 0 saturated carbocycles. The molecule has 6 nitrogen and oxygen atoms in total. The second kappa shape index (κ2) is 1.73. The highest BCUT2D eigenvalue weighted by Gasteiger charge is 1.93. The van der Waals surface area contributed by atoms with Crippen molar-refractivity contribution in [3.8, 4) is 0 Å². The first-order chi connectivity index (χ1) is 6.91. The fraction of sp³-hybridized carbons (Fsp3) is 0. The van der Waals surface area contributed by atoms with E-state index in [1.165, 1.54) is 0 Å². The first-order valence-corrected chi connectivity index (χ1v) is 2.01. The average molecular weight is 132 g/mol. The van der Waals surface area contributed by atoms with Crippen molar-refractivity contribution in [2.45, 2.75) is 0 Å². The number of nitrogens with zero attached hydrogens (tertiary/aromatic N) is 3. The summed E-state index contributed by atoms with van der Waals surface area (Å²) in [6.45, 7) is 0. The van der Waals surface area contributed by atoms with E-state index in [4.69, 9.17) is 8.47 Å². The van der Waals surface area contributed by atoms with Crippen LogP contribution in [0.15, 0.2) is 0 Å². The van der Waals surface area contributed by atoms with Crippen molar-refractivity contribution in [1.82, 2.24) is 15.0 Å². The Morgan fingerprint density at radius 2 is 1.22 bits per heavy atom. The molecule has 0 radical (unpaired) electrons. The van der Waals surface area contributed by atoms with E-state index in [1.54, 1.807) is 0 Å². The van der Waals surface area contributed by atoms with Gasteiger partial charge in [0.2, 0.25) is 17.8 Å².